The topological polar surface area (TPSA) is 41.1 Å². The number of hydrogen-bond donors (Lipinski definition) is 1. The van der Waals surface area contributed by atoms with Crippen molar-refractivity contribution in [3.05, 3.63) is 17.5 Å². The average molecular weight is 234 g/mol. The van der Waals surface area contributed by atoms with Crippen LogP contribution in [0.5, 0.6) is 0 Å². The Bertz CT molecular complexity index is 374. The molecule has 17 heavy (non-hydrogen) atoms. The molecule has 1 aromatic heterocycles. The van der Waals surface area contributed by atoms with Crippen LogP contribution in [0.2, 0.25) is 0 Å². The standard InChI is InChI=1S/C13H22N4/c1-4-14-8-11-9-15-13(16-10(11)2)17(3)12-6-5-7-12/h9,12,14H,4-8H2,1-3H3. The molecule has 0 spiro atoms. The predicted molar refractivity (Wildman–Crippen MR) is 70.2 cm³/mol. The first kappa shape index (κ1) is 12.3. The molecule has 0 amide bonds. The highest BCUT2D eigenvalue weighted by molar-refractivity contribution is 5.34. The van der Waals surface area contributed by atoms with Crippen LogP contribution in [0.3, 0.4) is 0 Å². The fourth-order valence-electron chi connectivity index (χ4n) is 2.02. The molecule has 2 rings (SSSR count). The van der Waals surface area contributed by atoms with Crippen molar-refractivity contribution < 1.29 is 0 Å². The van der Waals surface area contributed by atoms with E-state index in [1.165, 1.54) is 24.8 Å². The molecule has 1 aromatic rings. The summed E-state index contributed by atoms with van der Waals surface area (Å²) in [6, 6.07) is 0.647. The molecule has 0 aromatic carbocycles. The zero-order chi connectivity index (χ0) is 12.3. The Labute approximate surface area is 103 Å². The van der Waals surface area contributed by atoms with Gasteiger partial charge in [0.05, 0.1) is 0 Å². The maximum Gasteiger partial charge on any atom is 0.225 e. The first-order valence-electron chi connectivity index (χ1n) is 6.48. The van der Waals surface area contributed by atoms with E-state index in [2.05, 4.69) is 41.1 Å². The van der Waals surface area contributed by atoms with Gasteiger partial charge in [0.15, 0.2) is 0 Å². The van der Waals surface area contributed by atoms with Crippen molar-refractivity contribution in [2.24, 2.45) is 0 Å². The minimum atomic E-state index is 0.647. The molecule has 0 atom stereocenters. The molecule has 1 fully saturated rings. The monoisotopic (exact) mass is 234 g/mol. The van der Waals surface area contributed by atoms with Gasteiger partial charge in [-0.05, 0) is 32.7 Å². The summed E-state index contributed by atoms with van der Waals surface area (Å²) >= 11 is 0. The summed E-state index contributed by atoms with van der Waals surface area (Å²) in [6.07, 6.45) is 5.85. The first-order chi connectivity index (χ1) is 8.22. The van der Waals surface area contributed by atoms with Crippen molar-refractivity contribution in [3.63, 3.8) is 0 Å². The average Bonchev–Trinajstić information content (AvgIpc) is 2.25. The lowest BCUT2D eigenvalue weighted by molar-refractivity contribution is 0.397. The van der Waals surface area contributed by atoms with Crippen LogP contribution in [-0.2, 0) is 6.54 Å². The summed E-state index contributed by atoms with van der Waals surface area (Å²) in [6.45, 7) is 6.00. The minimum absolute atomic E-state index is 0.647. The Morgan fingerprint density at radius 3 is 2.76 bits per heavy atom. The van der Waals surface area contributed by atoms with Crippen LogP contribution < -0.4 is 10.2 Å². The Morgan fingerprint density at radius 2 is 2.24 bits per heavy atom. The number of nitrogens with zero attached hydrogens (tertiary/aromatic N) is 3. The molecule has 1 N–H and O–H groups in total. The molecule has 0 saturated heterocycles. The summed E-state index contributed by atoms with van der Waals surface area (Å²) in [7, 11) is 2.10. The molecule has 94 valence electrons. The summed E-state index contributed by atoms with van der Waals surface area (Å²) < 4.78 is 0. The SMILES string of the molecule is CCNCc1cnc(N(C)C2CCC2)nc1C. The summed E-state index contributed by atoms with van der Waals surface area (Å²) in [5.41, 5.74) is 2.28. The summed E-state index contributed by atoms with van der Waals surface area (Å²) in [4.78, 5) is 11.3. The molecule has 1 aliphatic rings. The largest absolute Gasteiger partial charge is 0.341 e. The second-order valence-corrected chi connectivity index (χ2v) is 4.76. The Hall–Kier alpha value is -1.16. The maximum absolute atomic E-state index is 4.60. The van der Waals surface area contributed by atoms with E-state index in [9.17, 15) is 0 Å². The van der Waals surface area contributed by atoms with Gasteiger partial charge < -0.3 is 10.2 Å². The van der Waals surface area contributed by atoms with E-state index in [0.717, 1.165) is 24.7 Å². The van der Waals surface area contributed by atoms with Gasteiger partial charge in [0, 0.05) is 37.1 Å². The van der Waals surface area contributed by atoms with E-state index in [0.29, 0.717) is 6.04 Å². The Balaban J connectivity index is 2.06. The van der Waals surface area contributed by atoms with Crippen molar-refractivity contribution in [2.45, 2.75) is 45.7 Å². The number of nitrogens with one attached hydrogen (secondary N) is 1. The quantitative estimate of drug-likeness (QED) is 0.844. The Morgan fingerprint density at radius 1 is 1.47 bits per heavy atom. The molecule has 1 saturated carbocycles. The second kappa shape index (κ2) is 5.45. The predicted octanol–water partition coefficient (Wildman–Crippen LogP) is 1.88. The van der Waals surface area contributed by atoms with E-state index >= 15 is 0 Å². The molecule has 0 aliphatic heterocycles. The lowest BCUT2D eigenvalue weighted by atomic mass is 9.92. The molecule has 1 aliphatic carbocycles. The number of anilines is 1. The number of aromatic nitrogens is 2. The summed E-state index contributed by atoms with van der Waals surface area (Å²) in [5.74, 6) is 0.868. The number of hydrogen-bond acceptors (Lipinski definition) is 4. The smallest absolute Gasteiger partial charge is 0.225 e. The third-order valence-electron chi connectivity index (χ3n) is 3.57. The lowest BCUT2D eigenvalue weighted by Gasteiger charge is -2.34. The van der Waals surface area contributed by atoms with Gasteiger partial charge in [-0.15, -0.1) is 0 Å². The van der Waals surface area contributed by atoms with E-state index in [1.54, 1.807) is 0 Å². The molecule has 4 heteroatoms. The van der Waals surface area contributed by atoms with Gasteiger partial charge >= 0.3 is 0 Å². The second-order valence-electron chi connectivity index (χ2n) is 4.76. The summed E-state index contributed by atoms with van der Waals surface area (Å²) in [5, 5.41) is 3.31. The van der Waals surface area contributed by atoms with Gasteiger partial charge in [-0.2, -0.15) is 0 Å². The van der Waals surface area contributed by atoms with E-state index in [-0.39, 0.29) is 0 Å². The van der Waals surface area contributed by atoms with Crippen LogP contribution >= 0.6 is 0 Å². The maximum atomic E-state index is 4.60. The molecular formula is C13H22N4. The van der Waals surface area contributed by atoms with Crippen LogP contribution in [0.1, 0.15) is 37.4 Å². The van der Waals surface area contributed by atoms with Gasteiger partial charge in [-0.3, -0.25) is 0 Å². The number of aryl methyl sites for hydroxylation is 1. The van der Waals surface area contributed by atoms with Crippen LogP contribution in [0, 0.1) is 6.92 Å². The van der Waals surface area contributed by atoms with E-state index < -0.39 is 0 Å². The van der Waals surface area contributed by atoms with E-state index in [1.807, 2.05) is 6.20 Å². The molecule has 0 radical (unpaired) electrons. The van der Waals surface area contributed by atoms with Gasteiger partial charge in [-0.1, -0.05) is 6.92 Å². The van der Waals surface area contributed by atoms with Crippen molar-refractivity contribution >= 4 is 5.95 Å². The van der Waals surface area contributed by atoms with Gasteiger partial charge in [-0.25, -0.2) is 9.97 Å². The van der Waals surface area contributed by atoms with Crippen molar-refractivity contribution in [1.29, 1.82) is 0 Å². The first-order valence-corrected chi connectivity index (χ1v) is 6.48. The number of rotatable bonds is 5. The van der Waals surface area contributed by atoms with Crippen molar-refractivity contribution in [3.8, 4) is 0 Å². The van der Waals surface area contributed by atoms with Gasteiger partial charge in [0.25, 0.3) is 0 Å². The molecule has 0 bridgehead atoms. The zero-order valence-electron chi connectivity index (χ0n) is 11.0. The van der Waals surface area contributed by atoms with Crippen LogP contribution in [0.4, 0.5) is 5.95 Å². The van der Waals surface area contributed by atoms with Gasteiger partial charge in [0.2, 0.25) is 5.95 Å². The van der Waals surface area contributed by atoms with Crippen LogP contribution in [0.25, 0.3) is 0 Å². The molecule has 0 unspecified atom stereocenters. The highest BCUT2D eigenvalue weighted by atomic mass is 15.3. The molecule has 4 nitrogen and oxygen atoms in total. The van der Waals surface area contributed by atoms with Crippen molar-refractivity contribution in [1.82, 2.24) is 15.3 Å². The fraction of sp³-hybridized carbons (Fsp3) is 0.692. The highest BCUT2D eigenvalue weighted by Crippen LogP contribution is 2.26. The highest BCUT2D eigenvalue weighted by Gasteiger charge is 2.23. The lowest BCUT2D eigenvalue weighted by Crippen LogP contribution is -2.38. The van der Waals surface area contributed by atoms with Crippen molar-refractivity contribution in [2.75, 3.05) is 18.5 Å². The Kier molecular flexibility index (Phi) is 3.94. The molecule has 1 heterocycles. The van der Waals surface area contributed by atoms with E-state index in [4.69, 9.17) is 0 Å². The fourth-order valence-corrected chi connectivity index (χ4v) is 2.02. The normalized spacial score (nSPS) is 15.7. The zero-order valence-corrected chi connectivity index (χ0v) is 11.0. The van der Waals surface area contributed by atoms with Gasteiger partial charge in [0.1, 0.15) is 0 Å². The third-order valence-corrected chi connectivity index (χ3v) is 3.57. The molecular weight excluding hydrogens is 212 g/mol. The van der Waals surface area contributed by atoms with Crippen LogP contribution in [0.15, 0.2) is 6.20 Å². The third kappa shape index (κ3) is 2.75. The minimum Gasteiger partial charge on any atom is -0.341 e. The van der Waals surface area contributed by atoms with Crippen LogP contribution in [-0.4, -0.2) is 29.6 Å².